The van der Waals surface area contributed by atoms with E-state index in [9.17, 15) is 9.59 Å². The van der Waals surface area contributed by atoms with Gasteiger partial charge in [0.15, 0.2) is 0 Å². The number of carbonyl (C=O) groups excluding carboxylic acids is 2. The summed E-state index contributed by atoms with van der Waals surface area (Å²) in [6.45, 7) is 5.53. The molecule has 1 aliphatic rings. The third kappa shape index (κ3) is 9.09. The highest BCUT2D eigenvalue weighted by atomic mass is 35.5. The Bertz CT molecular complexity index is 1290. The van der Waals surface area contributed by atoms with Crippen molar-refractivity contribution in [2.24, 2.45) is 0 Å². The van der Waals surface area contributed by atoms with E-state index < -0.39 is 0 Å². The topological polar surface area (TPSA) is 55.9 Å². The zero-order valence-electron chi connectivity index (χ0n) is 24.3. The van der Waals surface area contributed by atoms with Crippen molar-refractivity contribution in [2.45, 2.75) is 31.3 Å². The van der Waals surface area contributed by atoms with E-state index in [0.717, 1.165) is 50.1 Å². The summed E-state index contributed by atoms with van der Waals surface area (Å²) in [6.07, 6.45) is 1.70. The average molecular weight is 655 g/mol. The fraction of sp³-hybridized carbons (Fsp3) is 0.375. The first-order chi connectivity index (χ1) is 19.2. The molecular formula is C32H40Cl4N4O2. The number of rotatable bonds is 10. The molecule has 3 aromatic carbocycles. The Morgan fingerprint density at radius 1 is 0.905 bits per heavy atom. The van der Waals surface area contributed by atoms with Crippen LogP contribution < -0.4 is 5.32 Å². The second kappa shape index (κ2) is 16.5. The van der Waals surface area contributed by atoms with Gasteiger partial charge in [0.2, 0.25) is 5.91 Å². The largest absolute Gasteiger partial charge is 0.347 e. The van der Waals surface area contributed by atoms with Gasteiger partial charge in [-0.15, -0.1) is 24.8 Å². The Labute approximate surface area is 272 Å². The van der Waals surface area contributed by atoms with Crippen LogP contribution in [0.15, 0.2) is 78.9 Å². The highest BCUT2D eigenvalue weighted by Crippen LogP contribution is 2.33. The molecule has 1 N–H and O–H groups in total. The maximum absolute atomic E-state index is 13.1. The molecule has 6 nitrogen and oxygen atoms in total. The first-order valence-corrected chi connectivity index (χ1v) is 14.5. The van der Waals surface area contributed by atoms with E-state index in [0.29, 0.717) is 22.2 Å². The van der Waals surface area contributed by atoms with Crippen molar-refractivity contribution in [2.75, 3.05) is 46.8 Å². The minimum atomic E-state index is -0.335. The number of benzene rings is 3. The number of amides is 2. The van der Waals surface area contributed by atoms with E-state index in [1.54, 1.807) is 11.8 Å². The summed E-state index contributed by atoms with van der Waals surface area (Å²) in [5.41, 5.74) is 2.50. The lowest BCUT2D eigenvalue weighted by atomic mass is 9.80. The molecule has 0 spiro atoms. The van der Waals surface area contributed by atoms with Crippen molar-refractivity contribution in [3.63, 3.8) is 0 Å². The molecule has 0 aromatic heterocycles. The van der Waals surface area contributed by atoms with Gasteiger partial charge in [-0.25, -0.2) is 0 Å². The predicted molar refractivity (Wildman–Crippen MR) is 177 cm³/mol. The van der Waals surface area contributed by atoms with E-state index in [1.165, 1.54) is 0 Å². The van der Waals surface area contributed by atoms with Crippen LogP contribution >= 0.6 is 48.0 Å². The third-order valence-corrected chi connectivity index (χ3v) is 8.63. The van der Waals surface area contributed by atoms with Gasteiger partial charge in [-0.2, -0.15) is 0 Å². The van der Waals surface area contributed by atoms with Crippen molar-refractivity contribution >= 4 is 59.8 Å². The lowest BCUT2D eigenvalue weighted by Gasteiger charge is -2.43. The molecule has 228 valence electrons. The number of halogens is 4. The SMILES string of the molecule is CC(=O)NC1(c2ccccc2)CCN(CCN(C)C(CN(C)C(=O)c2ccccc2)c2ccc(Cl)c(Cl)c2)CC1.Cl.Cl. The molecule has 0 bridgehead atoms. The highest BCUT2D eigenvalue weighted by Gasteiger charge is 2.37. The molecule has 2 amide bonds. The van der Waals surface area contributed by atoms with Crippen LogP contribution in [0.25, 0.3) is 0 Å². The molecule has 1 atom stereocenters. The summed E-state index contributed by atoms with van der Waals surface area (Å²) in [5, 5.41) is 4.27. The molecule has 1 saturated heterocycles. The van der Waals surface area contributed by atoms with Crippen molar-refractivity contribution in [1.82, 2.24) is 20.0 Å². The molecule has 0 radical (unpaired) electrons. The van der Waals surface area contributed by atoms with Crippen LogP contribution in [0, 0.1) is 0 Å². The van der Waals surface area contributed by atoms with Gasteiger partial charge in [0, 0.05) is 52.3 Å². The Morgan fingerprint density at radius 2 is 1.50 bits per heavy atom. The quantitative estimate of drug-likeness (QED) is 0.264. The van der Waals surface area contributed by atoms with Gasteiger partial charge in [-0.1, -0.05) is 77.8 Å². The lowest BCUT2D eigenvalue weighted by Crippen LogP contribution is -2.53. The molecular weight excluding hydrogens is 614 g/mol. The summed E-state index contributed by atoms with van der Waals surface area (Å²) in [5.74, 6) is -0.0269. The first-order valence-electron chi connectivity index (χ1n) is 13.7. The van der Waals surface area contributed by atoms with Gasteiger partial charge >= 0.3 is 0 Å². The lowest BCUT2D eigenvalue weighted by molar-refractivity contribution is -0.121. The monoisotopic (exact) mass is 652 g/mol. The van der Waals surface area contributed by atoms with Crippen LogP contribution in [0.2, 0.25) is 10.0 Å². The number of likely N-dealkylation sites (tertiary alicyclic amines) is 1. The molecule has 0 saturated carbocycles. The molecule has 1 fully saturated rings. The van der Waals surface area contributed by atoms with Gasteiger partial charge in [0.25, 0.3) is 5.91 Å². The van der Waals surface area contributed by atoms with Crippen LogP contribution in [0.5, 0.6) is 0 Å². The fourth-order valence-corrected chi connectivity index (χ4v) is 5.86. The molecule has 0 aliphatic carbocycles. The van der Waals surface area contributed by atoms with Crippen molar-refractivity contribution in [1.29, 1.82) is 0 Å². The molecule has 10 heteroatoms. The second-order valence-corrected chi connectivity index (χ2v) is 11.5. The van der Waals surface area contributed by atoms with Gasteiger partial charge in [-0.3, -0.25) is 14.5 Å². The Hall–Kier alpha value is -2.32. The highest BCUT2D eigenvalue weighted by molar-refractivity contribution is 6.42. The number of nitrogens with zero attached hydrogens (tertiary/aromatic N) is 3. The normalized spacial score (nSPS) is 15.2. The number of likely N-dealkylation sites (N-methyl/N-ethyl adjacent to an activating group) is 2. The van der Waals surface area contributed by atoms with Crippen molar-refractivity contribution in [3.05, 3.63) is 106 Å². The maximum atomic E-state index is 13.1. The summed E-state index contributed by atoms with van der Waals surface area (Å²) in [4.78, 5) is 31.7. The van der Waals surface area contributed by atoms with E-state index in [-0.39, 0.29) is 48.2 Å². The average Bonchev–Trinajstić information content (AvgIpc) is 2.97. The molecule has 4 rings (SSSR count). The Morgan fingerprint density at radius 3 is 2.07 bits per heavy atom. The fourth-order valence-electron chi connectivity index (χ4n) is 5.56. The standard InChI is InChI=1S/C32H38Cl2N4O2.2ClH/c1-24(39)35-32(27-12-8-5-9-13-27)16-18-38(19-17-32)21-20-36(2)30(26-14-15-28(33)29(34)22-26)23-37(3)31(40)25-10-6-4-7-11-25;;/h4-15,22,30H,16-21,23H2,1-3H3,(H,35,39);2*1H. The summed E-state index contributed by atoms with van der Waals surface area (Å²) < 4.78 is 0. The summed E-state index contributed by atoms with van der Waals surface area (Å²) in [6, 6.07) is 25.2. The van der Waals surface area contributed by atoms with Crippen molar-refractivity contribution < 1.29 is 9.59 Å². The second-order valence-electron chi connectivity index (χ2n) is 10.7. The number of piperidine rings is 1. The van der Waals surface area contributed by atoms with Gasteiger partial charge in [-0.05, 0) is 55.3 Å². The first kappa shape index (κ1) is 35.9. The van der Waals surface area contributed by atoms with Gasteiger partial charge < -0.3 is 15.1 Å². The van der Waals surface area contributed by atoms with E-state index in [4.69, 9.17) is 23.2 Å². The van der Waals surface area contributed by atoms with E-state index in [2.05, 4.69) is 34.3 Å². The van der Waals surface area contributed by atoms with Crippen LogP contribution in [-0.4, -0.2) is 73.3 Å². The van der Waals surface area contributed by atoms with Crippen molar-refractivity contribution in [3.8, 4) is 0 Å². The number of carbonyl (C=O) groups is 2. The van der Waals surface area contributed by atoms with Crippen LogP contribution in [0.1, 0.15) is 47.3 Å². The van der Waals surface area contributed by atoms with Gasteiger partial charge in [0.05, 0.1) is 21.6 Å². The summed E-state index contributed by atoms with van der Waals surface area (Å²) in [7, 11) is 3.92. The number of hydrogen-bond donors (Lipinski definition) is 1. The summed E-state index contributed by atoms with van der Waals surface area (Å²) >= 11 is 12.6. The Balaban J connectivity index is 0.00000308. The Kier molecular flexibility index (Phi) is 14.1. The third-order valence-electron chi connectivity index (χ3n) is 7.89. The molecule has 42 heavy (non-hydrogen) atoms. The molecule has 3 aromatic rings. The van der Waals surface area contributed by atoms with Crippen LogP contribution in [0.3, 0.4) is 0 Å². The molecule has 1 heterocycles. The van der Waals surface area contributed by atoms with Crippen LogP contribution in [-0.2, 0) is 10.3 Å². The minimum absolute atomic E-state index is 0. The van der Waals surface area contributed by atoms with Crippen LogP contribution in [0.4, 0.5) is 0 Å². The predicted octanol–water partition coefficient (Wildman–Crippen LogP) is 6.71. The smallest absolute Gasteiger partial charge is 0.253 e. The number of nitrogens with one attached hydrogen (secondary N) is 1. The molecule has 1 aliphatic heterocycles. The maximum Gasteiger partial charge on any atom is 0.253 e. The van der Waals surface area contributed by atoms with E-state index in [1.807, 2.05) is 73.8 Å². The minimum Gasteiger partial charge on any atom is -0.347 e. The van der Waals surface area contributed by atoms with Gasteiger partial charge in [0.1, 0.15) is 0 Å². The van der Waals surface area contributed by atoms with E-state index >= 15 is 0 Å². The zero-order valence-corrected chi connectivity index (χ0v) is 27.4. The zero-order chi connectivity index (χ0) is 28.7. The molecule has 1 unspecified atom stereocenters. The number of hydrogen-bond acceptors (Lipinski definition) is 4.